The number of nitrogens with two attached hydrogens (primary N) is 1. The minimum Gasteiger partial charge on any atom is -0.496 e. The van der Waals surface area contributed by atoms with Gasteiger partial charge in [-0.2, -0.15) is 0 Å². The number of rotatable bonds is 8. The van der Waals surface area contributed by atoms with Gasteiger partial charge in [-0.15, -0.1) is 0 Å². The number of hydrogen-bond acceptors (Lipinski definition) is 6. The van der Waals surface area contributed by atoms with Gasteiger partial charge in [0.25, 0.3) is 5.91 Å². The van der Waals surface area contributed by atoms with Crippen LogP contribution in [0.25, 0.3) is 11.0 Å². The molecule has 1 aliphatic heterocycles. The van der Waals surface area contributed by atoms with E-state index in [1.54, 1.807) is 23.8 Å². The van der Waals surface area contributed by atoms with E-state index in [0.29, 0.717) is 68.8 Å². The van der Waals surface area contributed by atoms with E-state index in [9.17, 15) is 14.4 Å². The fourth-order valence-corrected chi connectivity index (χ4v) is 5.90. The van der Waals surface area contributed by atoms with Crippen molar-refractivity contribution in [3.8, 4) is 5.75 Å². The zero-order valence-corrected chi connectivity index (χ0v) is 22.7. The number of nitrogens with one attached hydrogen (secondary N) is 1. The zero-order chi connectivity index (χ0) is 27.5. The van der Waals surface area contributed by atoms with Crippen LogP contribution in [0.3, 0.4) is 0 Å². The molecule has 0 spiro atoms. The van der Waals surface area contributed by atoms with Crippen molar-refractivity contribution in [3.63, 3.8) is 0 Å². The van der Waals surface area contributed by atoms with Crippen molar-refractivity contribution in [2.45, 2.75) is 45.2 Å². The molecule has 10 nitrogen and oxygen atoms in total. The van der Waals surface area contributed by atoms with Gasteiger partial charge in [0.1, 0.15) is 5.75 Å². The van der Waals surface area contributed by atoms with E-state index in [2.05, 4.69) is 10.2 Å². The summed E-state index contributed by atoms with van der Waals surface area (Å²) >= 11 is 0. The summed E-state index contributed by atoms with van der Waals surface area (Å²) in [5, 5.41) is 3.02. The molecular formula is C29H37N5O5. The van der Waals surface area contributed by atoms with Gasteiger partial charge in [0.15, 0.2) is 0 Å². The average Bonchev–Trinajstić information content (AvgIpc) is 3.24. The normalized spacial score (nSPS) is 20.2. The second-order valence-corrected chi connectivity index (χ2v) is 10.5. The molecule has 2 fully saturated rings. The molecule has 0 bridgehead atoms. The fourth-order valence-electron chi connectivity index (χ4n) is 5.90. The van der Waals surface area contributed by atoms with E-state index in [-0.39, 0.29) is 23.6 Å². The number of para-hydroxylation sites is 1. The predicted octanol–water partition coefficient (Wildman–Crippen LogP) is 2.92. The standard InChI is InChI=1S/C29H37N5O5/c1-19-6-9-21(18-25(19)38-2)31-28(36)20-7-10-22(11-8-20)34-24-5-3-4-23(27(30)35)26(24)33(29(34)37)13-12-32-14-16-39-17-15-32/h3-6,9,18,20,22H,7-8,10-17H2,1-2H3,(H2,30,35)(H,31,36)/t20-,22+. The van der Waals surface area contributed by atoms with Crippen molar-refractivity contribution in [2.75, 3.05) is 45.3 Å². The summed E-state index contributed by atoms with van der Waals surface area (Å²) in [6.07, 6.45) is 2.72. The molecule has 2 aliphatic rings. The molecule has 2 amide bonds. The van der Waals surface area contributed by atoms with Crippen LogP contribution in [0, 0.1) is 12.8 Å². The molecule has 1 saturated carbocycles. The highest BCUT2D eigenvalue weighted by atomic mass is 16.5. The van der Waals surface area contributed by atoms with Crippen LogP contribution in [0.2, 0.25) is 0 Å². The third kappa shape index (κ3) is 5.58. The fraction of sp³-hybridized carbons (Fsp3) is 0.483. The van der Waals surface area contributed by atoms with Crippen molar-refractivity contribution in [3.05, 3.63) is 58.0 Å². The van der Waals surface area contributed by atoms with Gasteiger partial charge in [0, 0.05) is 49.9 Å². The molecule has 39 heavy (non-hydrogen) atoms. The van der Waals surface area contributed by atoms with Gasteiger partial charge in [0.2, 0.25) is 5.91 Å². The number of aromatic nitrogens is 2. The summed E-state index contributed by atoms with van der Waals surface area (Å²) in [6, 6.07) is 10.9. The summed E-state index contributed by atoms with van der Waals surface area (Å²) in [7, 11) is 1.61. The Morgan fingerprint density at radius 3 is 2.51 bits per heavy atom. The van der Waals surface area contributed by atoms with Crippen molar-refractivity contribution < 1.29 is 19.1 Å². The molecule has 208 valence electrons. The molecule has 2 aromatic carbocycles. The van der Waals surface area contributed by atoms with E-state index in [4.69, 9.17) is 15.2 Å². The minimum atomic E-state index is -0.550. The summed E-state index contributed by atoms with van der Waals surface area (Å²) in [6.45, 7) is 6.10. The summed E-state index contributed by atoms with van der Waals surface area (Å²) < 4.78 is 14.3. The highest BCUT2D eigenvalue weighted by Gasteiger charge is 2.31. The molecular weight excluding hydrogens is 498 g/mol. The largest absolute Gasteiger partial charge is 0.496 e. The van der Waals surface area contributed by atoms with Crippen molar-refractivity contribution >= 4 is 28.5 Å². The first-order valence-corrected chi connectivity index (χ1v) is 13.7. The Labute approximate surface area is 227 Å². The number of carbonyl (C=O) groups is 2. The number of fused-ring (bicyclic) bond motifs is 1. The number of aryl methyl sites for hydroxylation is 1. The lowest BCUT2D eigenvalue weighted by Gasteiger charge is -2.28. The third-order valence-corrected chi connectivity index (χ3v) is 8.10. The predicted molar refractivity (Wildman–Crippen MR) is 149 cm³/mol. The van der Waals surface area contributed by atoms with Gasteiger partial charge >= 0.3 is 5.69 Å². The van der Waals surface area contributed by atoms with Crippen LogP contribution >= 0.6 is 0 Å². The smallest absolute Gasteiger partial charge is 0.329 e. The number of imidazole rings is 1. The first-order chi connectivity index (χ1) is 18.9. The van der Waals surface area contributed by atoms with Gasteiger partial charge < -0.3 is 20.5 Å². The summed E-state index contributed by atoms with van der Waals surface area (Å²) in [4.78, 5) is 41.4. The number of methoxy groups -OCH3 is 1. The lowest BCUT2D eigenvalue weighted by Crippen LogP contribution is -2.39. The number of nitrogens with zero attached hydrogens (tertiary/aromatic N) is 3. The molecule has 10 heteroatoms. The Morgan fingerprint density at radius 2 is 1.82 bits per heavy atom. The lowest BCUT2D eigenvalue weighted by atomic mass is 9.85. The van der Waals surface area contributed by atoms with Crippen LogP contribution < -0.4 is 21.5 Å². The quantitative estimate of drug-likeness (QED) is 0.458. The average molecular weight is 536 g/mol. The SMILES string of the molecule is COc1cc(NC(=O)[C@H]2CC[C@@H](n3c(=O)n(CCN4CCOCC4)c4c(C(N)=O)cccc43)CC2)ccc1C. The van der Waals surface area contributed by atoms with Crippen molar-refractivity contribution in [2.24, 2.45) is 11.7 Å². The molecule has 3 aromatic rings. The van der Waals surface area contributed by atoms with E-state index in [0.717, 1.165) is 29.9 Å². The van der Waals surface area contributed by atoms with Gasteiger partial charge in [-0.1, -0.05) is 12.1 Å². The zero-order valence-electron chi connectivity index (χ0n) is 22.7. The second kappa shape index (κ2) is 11.6. The van der Waals surface area contributed by atoms with Gasteiger partial charge in [0.05, 0.1) is 36.9 Å². The Morgan fingerprint density at radius 1 is 1.08 bits per heavy atom. The molecule has 0 atom stereocenters. The van der Waals surface area contributed by atoms with Crippen molar-refractivity contribution in [1.29, 1.82) is 0 Å². The Kier molecular flexibility index (Phi) is 8.04. The number of ether oxygens (including phenoxy) is 2. The Bertz CT molecular complexity index is 1410. The van der Waals surface area contributed by atoms with E-state index < -0.39 is 5.91 Å². The first-order valence-electron chi connectivity index (χ1n) is 13.7. The number of hydrogen-bond donors (Lipinski definition) is 2. The maximum atomic E-state index is 13.8. The number of primary amides is 1. The maximum Gasteiger partial charge on any atom is 0.329 e. The van der Waals surface area contributed by atoms with Crippen LogP contribution in [-0.4, -0.2) is 65.8 Å². The van der Waals surface area contributed by atoms with Crippen LogP contribution in [0.4, 0.5) is 5.69 Å². The molecule has 1 aromatic heterocycles. The monoisotopic (exact) mass is 535 g/mol. The lowest BCUT2D eigenvalue weighted by molar-refractivity contribution is -0.121. The Balaban J connectivity index is 1.35. The Hall–Kier alpha value is -3.63. The molecule has 0 unspecified atom stereocenters. The molecule has 0 radical (unpaired) electrons. The molecule has 1 aliphatic carbocycles. The summed E-state index contributed by atoms with van der Waals surface area (Å²) in [5.41, 5.74) is 8.97. The number of anilines is 1. The first kappa shape index (κ1) is 27.0. The van der Waals surface area contributed by atoms with E-state index in [1.165, 1.54) is 0 Å². The van der Waals surface area contributed by atoms with Gasteiger partial charge in [-0.3, -0.25) is 23.6 Å². The van der Waals surface area contributed by atoms with Crippen LogP contribution in [-0.2, 0) is 16.1 Å². The number of morpholine rings is 1. The second-order valence-electron chi connectivity index (χ2n) is 10.5. The van der Waals surface area contributed by atoms with Crippen LogP contribution in [0.15, 0.2) is 41.2 Å². The minimum absolute atomic E-state index is 0.0179. The number of carbonyl (C=O) groups excluding carboxylic acids is 2. The molecule has 5 rings (SSSR count). The number of amides is 2. The highest BCUT2D eigenvalue weighted by Crippen LogP contribution is 2.35. The van der Waals surface area contributed by atoms with Crippen LogP contribution in [0.1, 0.15) is 47.6 Å². The highest BCUT2D eigenvalue weighted by molar-refractivity contribution is 6.04. The van der Waals surface area contributed by atoms with Crippen LogP contribution in [0.5, 0.6) is 5.75 Å². The maximum absolute atomic E-state index is 13.8. The molecule has 2 heterocycles. The van der Waals surface area contributed by atoms with E-state index in [1.807, 2.05) is 35.8 Å². The molecule has 3 N–H and O–H groups in total. The van der Waals surface area contributed by atoms with Gasteiger partial charge in [-0.05, 0) is 56.4 Å². The summed E-state index contributed by atoms with van der Waals surface area (Å²) in [5.74, 6) is 0.0259. The number of benzene rings is 2. The van der Waals surface area contributed by atoms with Crippen molar-refractivity contribution in [1.82, 2.24) is 14.0 Å². The topological polar surface area (TPSA) is 121 Å². The molecule has 1 saturated heterocycles. The van der Waals surface area contributed by atoms with E-state index >= 15 is 0 Å². The third-order valence-electron chi connectivity index (χ3n) is 8.10. The van der Waals surface area contributed by atoms with Gasteiger partial charge in [-0.25, -0.2) is 4.79 Å².